The molecule has 0 spiro atoms. The number of halogens is 1. The molecular weight excluding hydrogens is 503 g/mol. The molecule has 0 bridgehead atoms. The number of aromatic nitrogens is 3. The number of fused-ring (bicyclic) bond motifs is 2. The van der Waals surface area contributed by atoms with Gasteiger partial charge in [-0.25, -0.2) is 13.9 Å². The SMILES string of the molecule is CC(=O)c1ccc(CNC(=O)c2cc(C(=O)NCc3ccc4c(c3)NC(=O)CO4)nc3c(F)cnn23)s1. The van der Waals surface area contributed by atoms with E-state index in [0.29, 0.717) is 21.9 Å². The standard InChI is InChI=1S/C24H19FN6O5S/c1-12(32)20-5-3-14(37-20)9-27-24(35)18-7-17(30-22-15(25)10-28-31(18)22)23(34)26-8-13-2-4-19-16(6-13)29-21(33)11-36-19/h2-7,10H,8-9,11H2,1H3,(H,26,34)(H,27,35)(H,29,33). The van der Waals surface area contributed by atoms with E-state index in [2.05, 4.69) is 26.0 Å². The zero-order valence-corrected chi connectivity index (χ0v) is 20.1. The highest BCUT2D eigenvalue weighted by atomic mass is 32.1. The Bertz CT molecular complexity index is 1580. The summed E-state index contributed by atoms with van der Waals surface area (Å²) in [5, 5.41) is 11.9. The molecule has 1 aromatic carbocycles. The van der Waals surface area contributed by atoms with Crippen LogP contribution in [0.5, 0.6) is 5.75 Å². The Hall–Kier alpha value is -4.65. The predicted octanol–water partition coefficient (Wildman–Crippen LogP) is 2.32. The van der Waals surface area contributed by atoms with Gasteiger partial charge in [-0.05, 0) is 36.8 Å². The summed E-state index contributed by atoms with van der Waals surface area (Å²) in [6, 6.07) is 9.70. The van der Waals surface area contributed by atoms with Crippen molar-refractivity contribution >= 4 is 46.2 Å². The number of carbonyl (C=O) groups excluding carboxylic acids is 4. The van der Waals surface area contributed by atoms with Crippen LogP contribution in [0.15, 0.2) is 42.6 Å². The Labute approximate surface area is 212 Å². The summed E-state index contributed by atoms with van der Waals surface area (Å²) < 4.78 is 20.7. The zero-order valence-electron chi connectivity index (χ0n) is 19.3. The number of anilines is 1. The number of rotatable bonds is 7. The van der Waals surface area contributed by atoms with E-state index in [-0.39, 0.29) is 48.4 Å². The molecule has 0 saturated heterocycles. The van der Waals surface area contributed by atoms with Gasteiger partial charge in [0.15, 0.2) is 23.9 Å². The van der Waals surface area contributed by atoms with Crippen LogP contribution >= 0.6 is 11.3 Å². The Kier molecular flexibility index (Phi) is 6.36. The van der Waals surface area contributed by atoms with Crippen molar-refractivity contribution in [1.82, 2.24) is 25.2 Å². The minimum absolute atomic E-state index is 0.0644. The molecule has 0 aliphatic carbocycles. The summed E-state index contributed by atoms with van der Waals surface area (Å²) in [4.78, 5) is 54.2. The second kappa shape index (κ2) is 9.78. The lowest BCUT2D eigenvalue weighted by atomic mass is 10.1. The van der Waals surface area contributed by atoms with Gasteiger partial charge in [0.25, 0.3) is 17.7 Å². The molecule has 0 unspecified atom stereocenters. The Morgan fingerprint density at radius 1 is 1.14 bits per heavy atom. The molecule has 1 aliphatic heterocycles. The highest BCUT2D eigenvalue weighted by Crippen LogP contribution is 2.28. The van der Waals surface area contributed by atoms with Crippen LogP contribution < -0.4 is 20.7 Å². The van der Waals surface area contributed by atoms with Gasteiger partial charge in [0.05, 0.1) is 23.3 Å². The van der Waals surface area contributed by atoms with Crippen LogP contribution in [0.1, 0.15) is 48.0 Å². The lowest BCUT2D eigenvalue weighted by Crippen LogP contribution is -2.28. The van der Waals surface area contributed by atoms with Crippen molar-refractivity contribution in [1.29, 1.82) is 0 Å². The van der Waals surface area contributed by atoms with Crippen LogP contribution in [0.4, 0.5) is 10.1 Å². The monoisotopic (exact) mass is 522 g/mol. The van der Waals surface area contributed by atoms with E-state index in [4.69, 9.17) is 4.74 Å². The summed E-state index contributed by atoms with van der Waals surface area (Å²) in [5.74, 6) is -1.87. The van der Waals surface area contributed by atoms with Gasteiger partial charge in [-0.2, -0.15) is 5.10 Å². The summed E-state index contributed by atoms with van der Waals surface area (Å²) in [6.07, 6.45) is 0.905. The fourth-order valence-corrected chi connectivity index (χ4v) is 4.49. The van der Waals surface area contributed by atoms with Gasteiger partial charge >= 0.3 is 0 Å². The average molecular weight is 523 g/mol. The van der Waals surface area contributed by atoms with Crippen molar-refractivity contribution < 1.29 is 28.3 Å². The van der Waals surface area contributed by atoms with Crippen LogP contribution in [-0.4, -0.2) is 44.7 Å². The number of carbonyl (C=O) groups is 4. The van der Waals surface area contributed by atoms with Crippen molar-refractivity contribution in [3.05, 3.63) is 75.1 Å². The molecule has 3 N–H and O–H groups in total. The minimum Gasteiger partial charge on any atom is -0.482 e. The number of hydrogen-bond acceptors (Lipinski definition) is 8. The molecule has 13 heteroatoms. The number of thiophene rings is 1. The summed E-state index contributed by atoms with van der Waals surface area (Å²) >= 11 is 1.25. The van der Waals surface area contributed by atoms with Gasteiger partial charge in [0, 0.05) is 17.5 Å². The number of ether oxygens (including phenoxy) is 1. The first-order chi connectivity index (χ1) is 17.8. The zero-order chi connectivity index (χ0) is 26.1. The fraction of sp³-hybridized carbons (Fsp3) is 0.167. The molecule has 0 atom stereocenters. The first-order valence-electron chi connectivity index (χ1n) is 11.0. The molecule has 4 heterocycles. The Balaban J connectivity index is 1.33. The lowest BCUT2D eigenvalue weighted by Gasteiger charge is -2.18. The maximum absolute atomic E-state index is 14.3. The van der Waals surface area contributed by atoms with Gasteiger partial charge in [-0.1, -0.05) is 6.07 Å². The van der Waals surface area contributed by atoms with E-state index >= 15 is 0 Å². The van der Waals surface area contributed by atoms with E-state index in [1.165, 1.54) is 24.3 Å². The molecule has 188 valence electrons. The van der Waals surface area contributed by atoms with E-state index < -0.39 is 17.6 Å². The minimum atomic E-state index is -0.793. The van der Waals surface area contributed by atoms with Gasteiger partial charge in [-0.3, -0.25) is 19.2 Å². The molecule has 4 aromatic rings. The Morgan fingerprint density at radius 3 is 2.73 bits per heavy atom. The predicted molar refractivity (Wildman–Crippen MR) is 130 cm³/mol. The quantitative estimate of drug-likeness (QED) is 0.316. The third kappa shape index (κ3) is 5.02. The van der Waals surface area contributed by atoms with Gasteiger partial charge in [0.1, 0.15) is 17.1 Å². The molecule has 11 nitrogen and oxygen atoms in total. The molecule has 37 heavy (non-hydrogen) atoms. The number of ketones is 1. The third-order valence-electron chi connectivity index (χ3n) is 5.46. The second-order valence-corrected chi connectivity index (χ2v) is 9.28. The van der Waals surface area contributed by atoms with Gasteiger partial charge < -0.3 is 20.7 Å². The Morgan fingerprint density at radius 2 is 1.95 bits per heavy atom. The van der Waals surface area contributed by atoms with Crippen LogP contribution in [0.2, 0.25) is 0 Å². The maximum Gasteiger partial charge on any atom is 0.270 e. The lowest BCUT2D eigenvalue weighted by molar-refractivity contribution is -0.118. The fourth-order valence-electron chi connectivity index (χ4n) is 3.65. The summed E-state index contributed by atoms with van der Waals surface area (Å²) in [5.41, 5.74) is 0.622. The van der Waals surface area contributed by atoms with Crippen molar-refractivity contribution in [2.45, 2.75) is 20.0 Å². The molecule has 3 amide bonds. The smallest absolute Gasteiger partial charge is 0.270 e. The first kappa shape index (κ1) is 24.1. The van der Waals surface area contributed by atoms with Crippen molar-refractivity contribution in [3.63, 3.8) is 0 Å². The largest absolute Gasteiger partial charge is 0.482 e. The topological polar surface area (TPSA) is 144 Å². The van der Waals surface area contributed by atoms with Crippen LogP contribution in [0, 0.1) is 5.82 Å². The highest BCUT2D eigenvalue weighted by molar-refractivity contribution is 7.14. The molecule has 1 aliphatic rings. The van der Waals surface area contributed by atoms with E-state index in [9.17, 15) is 23.6 Å². The number of Topliss-reactive ketones (excluding diaryl/α,β-unsaturated/α-hetero) is 1. The molecule has 0 radical (unpaired) electrons. The van der Waals surface area contributed by atoms with Crippen molar-refractivity contribution in [2.75, 3.05) is 11.9 Å². The molecule has 0 saturated carbocycles. The number of benzene rings is 1. The number of nitrogens with one attached hydrogen (secondary N) is 3. The normalized spacial score (nSPS) is 12.4. The van der Waals surface area contributed by atoms with E-state index in [1.54, 1.807) is 30.3 Å². The van der Waals surface area contributed by atoms with Gasteiger partial charge in [-0.15, -0.1) is 11.3 Å². The maximum atomic E-state index is 14.3. The second-order valence-electron chi connectivity index (χ2n) is 8.11. The number of nitrogens with zero attached hydrogens (tertiary/aromatic N) is 3. The van der Waals surface area contributed by atoms with Crippen LogP contribution in [-0.2, 0) is 17.9 Å². The first-order valence-corrected chi connectivity index (χ1v) is 11.9. The highest BCUT2D eigenvalue weighted by Gasteiger charge is 2.21. The molecule has 3 aromatic heterocycles. The molecule has 0 fully saturated rings. The van der Waals surface area contributed by atoms with E-state index in [0.717, 1.165) is 15.6 Å². The number of amides is 3. The summed E-state index contributed by atoms with van der Waals surface area (Å²) in [6.45, 7) is 1.60. The van der Waals surface area contributed by atoms with Crippen molar-refractivity contribution in [2.24, 2.45) is 0 Å². The van der Waals surface area contributed by atoms with E-state index in [1.807, 2.05) is 0 Å². The molecular formula is C24H19FN6O5S. The van der Waals surface area contributed by atoms with Crippen LogP contribution in [0.25, 0.3) is 5.65 Å². The summed E-state index contributed by atoms with van der Waals surface area (Å²) in [7, 11) is 0. The average Bonchev–Trinajstić information content (AvgIpc) is 3.52. The van der Waals surface area contributed by atoms with Crippen LogP contribution in [0.3, 0.4) is 0 Å². The third-order valence-corrected chi connectivity index (χ3v) is 6.64. The molecule has 5 rings (SSSR count). The van der Waals surface area contributed by atoms with Crippen molar-refractivity contribution in [3.8, 4) is 5.75 Å². The van der Waals surface area contributed by atoms with Gasteiger partial charge in [0.2, 0.25) is 0 Å². The number of hydrogen-bond donors (Lipinski definition) is 3.